The van der Waals surface area contributed by atoms with Crippen LogP contribution in [0.25, 0.3) is 0 Å². The van der Waals surface area contributed by atoms with E-state index in [0.717, 1.165) is 27.7 Å². The summed E-state index contributed by atoms with van der Waals surface area (Å²) in [6.45, 7) is 3.97. The summed E-state index contributed by atoms with van der Waals surface area (Å²) in [6.07, 6.45) is 0. The van der Waals surface area contributed by atoms with Crippen molar-refractivity contribution in [2.75, 3.05) is 0 Å². The minimum atomic E-state index is -1.63. The van der Waals surface area contributed by atoms with Crippen molar-refractivity contribution in [2.45, 2.75) is 27.7 Å². The Morgan fingerprint density at radius 2 is 0.789 bits per heavy atom. The number of ketones is 1. The van der Waals surface area contributed by atoms with Gasteiger partial charge in [-0.1, -0.05) is 0 Å². The topological polar surface area (TPSA) is 175 Å². The second-order valence-electron chi connectivity index (χ2n) is 2.35. The molecule has 0 amide bonds. The van der Waals surface area contributed by atoms with Gasteiger partial charge in [0.05, 0.1) is 0 Å². The number of carbonyl (C=O) groups excluding carboxylic acids is 4. The van der Waals surface area contributed by atoms with Crippen LogP contribution in [0.5, 0.6) is 0 Å². The predicted octanol–water partition coefficient (Wildman–Crippen LogP) is -4.45. The van der Waals surface area contributed by atoms with Gasteiger partial charge in [-0.25, -0.2) is 0 Å². The van der Waals surface area contributed by atoms with E-state index in [1.807, 2.05) is 0 Å². The minimum absolute atomic E-state index is 0. The van der Waals surface area contributed by atoms with Crippen LogP contribution in [0.2, 0.25) is 0 Å². The van der Waals surface area contributed by atoms with Crippen molar-refractivity contribution in [3.8, 4) is 0 Å². The van der Waals surface area contributed by atoms with Crippen molar-refractivity contribution in [1.82, 2.24) is 0 Å². The number of hydrogen-bond donors (Lipinski definition) is 1. The third-order valence-corrected chi connectivity index (χ3v) is 0.287. The fourth-order valence-corrected chi connectivity index (χ4v) is 0. The minimum Gasteiger partial charge on any atom is -0.550 e. The molecule has 0 atom stereocenters. The van der Waals surface area contributed by atoms with Crippen LogP contribution >= 0.6 is 0 Å². The molecule has 0 rings (SSSR count). The molecule has 0 aromatic rings. The average Bonchev–Trinajstić information content (AvgIpc) is 1.99. The number of carbonyl (C=O) groups is 5. The molecule has 0 aliphatic rings. The molecule has 19 heavy (non-hydrogen) atoms. The molecule has 106 valence electrons. The van der Waals surface area contributed by atoms with E-state index in [1.54, 1.807) is 0 Å². The van der Waals surface area contributed by atoms with Gasteiger partial charge in [0.25, 0.3) is 5.97 Å². The van der Waals surface area contributed by atoms with Gasteiger partial charge >= 0.3 is 25.8 Å². The van der Waals surface area contributed by atoms with Crippen LogP contribution in [0.1, 0.15) is 27.7 Å². The number of carboxylic acid groups (broad SMARTS) is 4. The average molecular weight is 380 g/mol. The first-order chi connectivity index (χ1) is 7.84. The van der Waals surface area contributed by atoms with E-state index < -0.39 is 29.7 Å². The monoisotopic (exact) mass is 380 g/mol. The van der Waals surface area contributed by atoms with Crippen LogP contribution in [0.4, 0.5) is 0 Å². The van der Waals surface area contributed by atoms with Gasteiger partial charge in [0, 0.05) is 25.8 Å². The summed E-state index contributed by atoms with van der Waals surface area (Å²) in [4.78, 5) is 45.5. The molecule has 10 heteroatoms. The van der Waals surface area contributed by atoms with Gasteiger partial charge in [0.15, 0.2) is 5.78 Å². The summed E-state index contributed by atoms with van der Waals surface area (Å²) in [5.74, 6) is -5.56. The van der Waals surface area contributed by atoms with Crippen LogP contribution in [0.3, 0.4) is 0 Å². The van der Waals surface area contributed by atoms with Crippen molar-refractivity contribution < 1.29 is 44.4 Å². The second kappa shape index (κ2) is 21.7. The second-order valence-corrected chi connectivity index (χ2v) is 2.35. The largest absolute Gasteiger partial charge is 3.00 e. The maximum atomic E-state index is 9.48. The van der Waals surface area contributed by atoms with Gasteiger partial charge in [0.2, 0.25) is 0 Å². The number of hydrogen-bond acceptors (Lipinski definition) is 8. The van der Waals surface area contributed by atoms with Crippen molar-refractivity contribution >= 4 is 55.5 Å². The molecular weight excluding hydrogens is 367 g/mol. The molecule has 0 spiro atoms. The Hall–Kier alpha value is -1.58. The fourth-order valence-electron chi connectivity index (χ4n) is 0. The van der Waals surface area contributed by atoms with Crippen molar-refractivity contribution in [2.24, 2.45) is 0 Å². The molecule has 0 aliphatic carbocycles. The molecule has 0 aliphatic heterocycles. The van der Waals surface area contributed by atoms with Crippen LogP contribution in [0, 0.1) is 0 Å². The molecule has 0 aromatic heterocycles. The SMILES string of the molecule is CC(=O)C(=O)[O-].CC(=O)O.CC(=O)[O-].CC(=O)[O-].[In+3]. The quantitative estimate of drug-likeness (QED) is 0.440. The normalized spacial score (nSPS) is 6.32. The van der Waals surface area contributed by atoms with Crippen molar-refractivity contribution in [3.05, 3.63) is 0 Å². The van der Waals surface area contributed by atoms with Gasteiger partial charge in [-0.3, -0.25) is 9.59 Å². The Kier molecular flexibility index (Phi) is 34.7. The third kappa shape index (κ3) is 583. The van der Waals surface area contributed by atoms with Crippen LogP contribution in [-0.4, -0.2) is 60.6 Å². The van der Waals surface area contributed by atoms with Crippen molar-refractivity contribution in [1.29, 1.82) is 0 Å². The zero-order chi connectivity index (χ0) is 15.9. The summed E-state index contributed by atoms with van der Waals surface area (Å²) >= 11 is 0. The Balaban J connectivity index is -0.0000000459. The molecule has 0 fully saturated rings. The van der Waals surface area contributed by atoms with Gasteiger partial charge < -0.3 is 34.8 Å². The van der Waals surface area contributed by atoms with Crippen molar-refractivity contribution in [3.63, 3.8) is 0 Å². The molecule has 9 nitrogen and oxygen atoms in total. The molecule has 0 unspecified atom stereocenters. The molecule has 0 bridgehead atoms. The molecule has 0 saturated carbocycles. The Labute approximate surface area is 128 Å². The Morgan fingerprint density at radius 1 is 0.737 bits per heavy atom. The van der Waals surface area contributed by atoms with Gasteiger partial charge in [0.1, 0.15) is 5.97 Å². The summed E-state index contributed by atoms with van der Waals surface area (Å²) < 4.78 is 0. The maximum absolute atomic E-state index is 9.48. The Morgan fingerprint density at radius 3 is 0.789 bits per heavy atom. The molecule has 1 N–H and O–H groups in total. The number of carboxylic acids is 4. The molecule has 0 saturated heterocycles. The summed E-state index contributed by atoms with van der Waals surface area (Å²) in [5, 5.41) is 34.4. The van der Waals surface area contributed by atoms with Gasteiger partial charge in [-0.2, -0.15) is 0 Å². The summed E-state index contributed by atoms with van der Waals surface area (Å²) in [5.41, 5.74) is 0. The van der Waals surface area contributed by atoms with E-state index in [2.05, 4.69) is 0 Å². The molecule has 0 heterocycles. The van der Waals surface area contributed by atoms with E-state index in [1.165, 1.54) is 0 Å². The number of aliphatic carboxylic acids is 4. The fraction of sp³-hybridized carbons (Fsp3) is 0.444. The summed E-state index contributed by atoms with van der Waals surface area (Å²) in [7, 11) is 0. The first-order valence-corrected chi connectivity index (χ1v) is 4.11. The number of rotatable bonds is 1. The van der Waals surface area contributed by atoms with E-state index in [4.69, 9.17) is 29.7 Å². The van der Waals surface area contributed by atoms with E-state index >= 15 is 0 Å². The Bertz CT molecular complexity index is 246. The molecular formula is C9H13InO9. The first kappa shape index (κ1) is 30.4. The maximum Gasteiger partial charge on any atom is 3.00 e. The summed E-state index contributed by atoms with van der Waals surface area (Å²) in [6, 6.07) is 0. The third-order valence-electron chi connectivity index (χ3n) is 0.287. The molecule has 0 aromatic carbocycles. The molecule has 0 radical (unpaired) electrons. The van der Waals surface area contributed by atoms with E-state index in [9.17, 15) is 14.7 Å². The van der Waals surface area contributed by atoms with Crippen LogP contribution in [-0.2, 0) is 24.0 Å². The number of Topliss-reactive ketones (excluding diaryl/α,β-unsaturated/α-hetero) is 1. The predicted molar refractivity (Wildman–Crippen MR) is 56.1 cm³/mol. The van der Waals surface area contributed by atoms with Gasteiger partial charge in [-0.15, -0.1) is 0 Å². The van der Waals surface area contributed by atoms with Crippen LogP contribution in [0.15, 0.2) is 0 Å². The standard InChI is InChI=1S/C3H4O3.3C2H4O2.In/c1-2(4)3(5)6;3*1-2(3)4;/h1H3,(H,5,6);3*1H3,(H,3,4);/q;;;;+3/p-3. The first-order valence-electron chi connectivity index (χ1n) is 4.11. The zero-order valence-electron chi connectivity index (χ0n) is 10.8. The van der Waals surface area contributed by atoms with E-state index in [0.29, 0.717) is 0 Å². The smallest absolute Gasteiger partial charge is 0.550 e. The zero-order valence-corrected chi connectivity index (χ0v) is 14.1. The van der Waals surface area contributed by atoms with Crippen LogP contribution < -0.4 is 15.3 Å². The van der Waals surface area contributed by atoms with E-state index in [-0.39, 0.29) is 25.8 Å². The van der Waals surface area contributed by atoms with Gasteiger partial charge in [-0.05, 0) is 13.8 Å².